The van der Waals surface area contributed by atoms with Gasteiger partial charge in [-0.3, -0.25) is 0 Å². The van der Waals surface area contributed by atoms with Crippen LogP contribution >= 0.6 is 0 Å². The lowest BCUT2D eigenvalue weighted by atomic mass is 10.1. The average Bonchev–Trinajstić information content (AvgIpc) is 2.65. The summed E-state index contributed by atoms with van der Waals surface area (Å²) in [7, 11) is 0. The highest BCUT2D eigenvalue weighted by molar-refractivity contribution is 5.89. The van der Waals surface area contributed by atoms with Crippen LogP contribution in [0, 0.1) is 0 Å². The van der Waals surface area contributed by atoms with E-state index in [2.05, 4.69) is 17.6 Å². The molecule has 1 aliphatic rings. The fraction of sp³-hybridized carbons (Fsp3) is 0.316. The summed E-state index contributed by atoms with van der Waals surface area (Å²) in [5.74, 6) is 2.20. The van der Waals surface area contributed by atoms with E-state index in [9.17, 15) is 4.79 Å². The van der Waals surface area contributed by atoms with E-state index in [4.69, 9.17) is 14.2 Å². The predicted octanol–water partition coefficient (Wildman–Crippen LogP) is 3.22. The molecule has 2 N–H and O–H groups in total. The smallest absolute Gasteiger partial charge is 0.319 e. The van der Waals surface area contributed by atoms with Crippen molar-refractivity contribution in [2.24, 2.45) is 0 Å². The summed E-state index contributed by atoms with van der Waals surface area (Å²) in [5, 5.41) is 5.54. The van der Waals surface area contributed by atoms with Crippen LogP contribution in [0.2, 0.25) is 0 Å². The Hall–Kier alpha value is -2.89. The second-order valence-electron chi connectivity index (χ2n) is 5.55. The molecule has 0 aromatic heterocycles. The molecule has 2 aromatic carbocycles. The molecule has 6 nitrogen and oxygen atoms in total. The Labute approximate surface area is 147 Å². The Balaban J connectivity index is 1.44. The summed E-state index contributed by atoms with van der Waals surface area (Å²) in [6, 6.07) is 12.9. The van der Waals surface area contributed by atoms with Crippen molar-refractivity contribution >= 4 is 11.7 Å². The number of rotatable bonds is 6. The van der Waals surface area contributed by atoms with E-state index in [-0.39, 0.29) is 6.03 Å². The molecule has 2 amide bonds. The highest BCUT2D eigenvalue weighted by Gasteiger charge is 2.12. The van der Waals surface area contributed by atoms with E-state index in [1.165, 1.54) is 0 Å². The van der Waals surface area contributed by atoms with Crippen molar-refractivity contribution in [3.63, 3.8) is 0 Å². The first-order valence-electron chi connectivity index (χ1n) is 8.41. The molecule has 6 heteroatoms. The fourth-order valence-electron chi connectivity index (χ4n) is 2.56. The zero-order chi connectivity index (χ0) is 17.5. The summed E-state index contributed by atoms with van der Waals surface area (Å²) in [6.45, 7) is 3.96. The van der Waals surface area contributed by atoms with Crippen LogP contribution in [0.4, 0.5) is 10.5 Å². The van der Waals surface area contributed by atoms with Crippen molar-refractivity contribution in [3.8, 4) is 17.2 Å². The van der Waals surface area contributed by atoms with Crippen LogP contribution in [0.15, 0.2) is 42.5 Å². The molecule has 2 aromatic rings. The summed E-state index contributed by atoms with van der Waals surface area (Å²) in [4.78, 5) is 12.0. The van der Waals surface area contributed by atoms with Gasteiger partial charge in [0.1, 0.15) is 25.6 Å². The van der Waals surface area contributed by atoms with Crippen LogP contribution in [0.5, 0.6) is 17.2 Å². The highest BCUT2D eigenvalue weighted by Crippen LogP contribution is 2.32. The Bertz CT molecular complexity index is 733. The minimum Gasteiger partial charge on any atom is -0.491 e. The molecule has 0 saturated heterocycles. The maximum Gasteiger partial charge on any atom is 0.319 e. The number of carbonyl (C=O) groups excluding carboxylic acids is 1. The SMILES string of the molecule is CCc1ccccc1OCCNC(=O)Nc1ccc2c(c1)OCCO2. The Morgan fingerprint density at radius 2 is 1.92 bits per heavy atom. The van der Waals surface area contributed by atoms with Crippen molar-refractivity contribution in [1.82, 2.24) is 5.32 Å². The number of ether oxygens (including phenoxy) is 3. The molecule has 0 saturated carbocycles. The summed E-state index contributed by atoms with van der Waals surface area (Å²) < 4.78 is 16.7. The van der Waals surface area contributed by atoms with Crippen molar-refractivity contribution in [2.75, 3.05) is 31.7 Å². The molecular weight excluding hydrogens is 320 g/mol. The summed E-state index contributed by atoms with van der Waals surface area (Å²) in [6.07, 6.45) is 0.911. The third-order valence-electron chi connectivity index (χ3n) is 3.80. The van der Waals surface area contributed by atoms with Crippen molar-refractivity contribution in [2.45, 2.75) is 13.3 Å². The summed E-state index contributed by atoms with van der Waals surface area (Å²) >= 11 is 0. The summed E-state index contributed by atoms with van der Waals surface area (Å²) in [5.41, 5.74) is 1.81. The number of hydrogen-bond donors (Lipinski definition) is 2. The number of urea groups is 1. The van der Waals surface area contributed by atoms with Gasteiger partial charge in [0.15, 0.2) is 11.5 Å². The van der Waals surface area contributed by atoms with Gasteiger partial charge in [-0.1, -0.05) is 25.1 Å². The third-order valence-corrected chi connectivity index (χ3v) is 3.80. The lowest BCUT2D eigenvalue weighted by molar-refractivity contribution is 0.171. The molecule has 0 bridgehead atoms. The third kappa shape index (κ3) is 4.56. The van der Waals surface area contributed by atoms with Gasteiger partial charge in [-0.05, 0) is 30.2 Å². The van der Waals surface area contributed by atoms with E-state index in [1.54, 1.807) is 18.2 Å². The van der Waals surface area contributed by atoms with Crippen LogP contribution in [0.1, 0.15) is 12.5 Å². The number of carbonyl (C=O) groups is 1. The van der Waals surface area contributed by atoms with E-state index < -0.39 is 0 Å². The van der Waals surface area contributed by atoms with Gasteiger partial charge in [-0.25, -0.2) is 4.79 Å². The molecule has 0 unspecified atom stereocenters. The Kier molecular flexibility index (Phi) is 5.61. The molecule has 0 aliphatic carbocycles. The van der Waals surface area contributed by atoms with Crippen LogP contribution in [-0.2, 0) is 6.42 Å². The normalized spacial score (nSPS) is 12.4. The van der Waals surface area contributed by atoms with Gasteiger partial charge in [0, 0.05) is 11.8 Å². The highest BCUT2D eigenvalue weighted by atomic mass is 16.6. The number of fused-ring (bicyclic) bond motifs is 1. The number of amides is 2. The maximum absolute atomic E-state index is 12.0. The lowest BCUT2D eigenvalue weighted by Gasteiger charge is -2.19. The van der Waals surface area contributed by atoms with Gasteiger partial charge < -0.3 is 24.8 Å². The standard InChI is InChI=1S/C19H22N2O4/c1-2-14-5-3-4-6-16(14)23-10-9-20-19(22)21-15-7-8-17-18(13-15)25-12-11-24-17/h3-8,13H,2,9-12H2,1H3,(H2,20,21,22). The topological polar surface area (TPSA) is 68.8 Å². The Morgan fingerprint density at radius 1 is 1.12 bits per heavy atom. The minimum atomic E-state index is -0.288. The average molecular weight is 342 g/mol. The first-order chi connectivity index (χ1) is 12.3. The number of anilines is 1. The second kappa shape index (κ2) is 8.28. The van der Waals surface area contributed by atoms with Gasteiger partial charge in [0.25, 0.3) is 0 Å². The minimum absolute atomic E-state index is 0.288. The molecule has 0 atom stereocenters. The molecule has 25 heavy (non-hydrogen) atoms. The number of aryl methyl sites for hydroxylation is 1. The van der Waals surface area contributed by atoms with Crippen LogP contribution < -0.4 is 24.8 Å². The molecule has 0 spiro atoms. The van der Waals surface area contributed by atoms with Crippen LogP contribution in [-0.4, -0.2) is 32.4 Å². The predicted molar refractivity (Wildman–Crippen MR) is 95.8 cm³/mol. The first-order valence-corrected chi connectivity index (χ1v) is 8.41. The molecule has 1 aliphatic heterocycles. The van der Waals surface area contributed by atoms with E-state index in [0.29, 0.717) is 43.6 Å². The maximum atomic E-state index is 12.0. The van der Waals surface area contributed by atoms with Crippen molar-refractivity contribution < 1.29 is 19.0 Å². The lowest BCUT2D eigenvalue weighted by Crippen LogP contribution is -2.32. The monoisotopic (exact) mass is 342 g/mol. The van der Waals surface area contributed by atoms with E-state index in [0.717, 1.165) is 17.7 Å². The van der Waals surface area contributed by atoms with Crippen molar-refractivity contribution in [3.05, 3.63) is 48.0 Å². The molecule has 0 radical (unpaired) electrons. The first kappa shape index (κ1) is 17.0. The van der Waals surface area contributed by atoms with Gasteiger partial charge in [0.05, 0.1) is 6.54 Å². The largest absolute Gasteiger partial charge is 0.491 e. The number of nitrogens with one attached hydrogen (secondary N) is 2. The van der Waals surface area contributed by atoms with Crippen LogP contribution in [0.25, 0.3) is 0 Å². The van der Waals surface area contributed by atoms with Gasteiger partial charge in [-0.2, -0.15) is 0 Å². The van der Waals surface area contributed by atoms with E-state index in [1.807, 2.05) is 24.3 Å². The van der Waals surface area contributed by atoms with E-state index >= 15 is 0 Å². The molecule has 132 valence electrons. The van der Waals surface area contributed by atoms with Crippen LogP contribution in [0.3, 0.4) is 0 Å². The number of para-hydroxylation sites is 1. The zero-order valence-electron chi connectivity index (χ0n) is 14.2. The number of benzene rings is 2. The van der Waals surface area contributed by atoms with Gasteiger partial charge in [0.2, 0.25) is 0 Å². The molecule has 1 heterocycles. The molecule has 0 fully saturated rings. The fourth-order valence-corrected chi connectivity index (χ4v) is 2.56. The molecular formula is C19H22N2O4. The molecule has 3 rings (SSSR count). The van der Waals surface area contributed by atoms with Gasteiger partial charge in [-0.15, -0.1) is 0 Å². The van der Waals surface area contributed by atoms with Gasteiger partial charge >= 0.3 is 6.03 Å². The second-order valence-corrected chi connectivity index (χ2v) is 5.55. The number of hydrogen-bond acceptors (Lipinski definition) is 4. The van der Waals surface area contributed by atoms with Crippen molar-refractivity contribution in [1.29, 1.82) is 0 Å². The Morgan fingerprint density at radius 3 is 2.76 bits per heavy atom. The zero-order valence-corrected chi connectivity index (χ0v) is 14.2. The quantitative estimate of drug-likeness (QED) is 0.791.